The van der Waals surface area contributed by atoms with Crippen molar-refractivity contribution in [2.24, 2.45) is 0 Å². The van der Waals surface area contributed by atoms with Gasteiger partial charge in [-0.05, 0) is 28.0 Å². The molecule has 100 valence electrons. The van der Waals surface area contributed by atoms with Crippen molar-refractivity contribution in [3.05, 3.63) is 42.0 Å². The first-order valence-electron chi connectivity index (χ1n) is 6.44. The molecule has 1 heterocycles. The van der Waals surface area contributed by atoms with Gasteiger partial charge in [-0.1, -0.05) is 62.0 Å². The fraction of sp³-hybridized carbons (Fsp3) is 0.357. The predicted octanol–water partition coefficient (Wildman–Crippen LogP) is 3.26. The number of nitrogens with zero attached hydrogens (tertiary/aromatic N) is 4. The molecule has 1 aromatic heterocycles. The maximum atomic E-state index is 4.07. The average Bonchev–Trinajstić information content (AvgIpc) is 2.87. The Morgan fingerprint density at radius 2 is 2.11 bits per heavy atom. The topological polar surface area (TPSA) is 43.6 Å². The first kappa shape index (κ1) is 13.8. The van der Waals surface area contributed by atoms with Crippen LogP contribution in [0, 0.1) is 0 Å². The van der Waals surface area contributed by atoms with Crippen molar-refractivity contribution in [3.8, 4) is 0 Å². The summed E-state index contributed by atoms with van der Waals surface area (Å²) in [5.74, 6) is 1.06. The molecule has 0 amide bonds. The normalized spacial score (nSPS) is 10.6. The van der Waals surface area contributed by atoms with E-state index in [1.807, 2.05) is 10.8 Å². The van der Waals surface area contributed by atoms with Crippen LogP contribution < -0.4 is 0 Å². The molecule has 2 rings (SSSR count). The largest absolute Gasteiger partial charge is 0.216 e. The number of tetrazole rings is 1. The van der Waals surface area contributed by atoms with Crippen molar-refractivity contribution in [1.82, 2.24) is 20.2 Å². The summed E-state index contributed by atoms with van der Waals surface area (Å²) >= 11 is 1.72. The lowest BCUT2D eigenvalue weighted by molar-refractivity contribution is 0.602. The molecule has 1 aromatic carbocycles. The molecule has 0 aliphatic carbocycles. The Kier molecular flexibility index (Phi) is 5.15. The third-order valence-corrected chi connectivity index (χ3v) is 3.82. The lowest BCUT2D eigenvalue weighted by Crippen LogP contribution is -2.04. The van der Waals surface area contributed by atoms with E-state index >= 15 is 0 Å². The Hall–Kier alpha value is -1.62. The van der Waals surface area contributed by atoms with E-state index in [4.69, 9.17) is 0 Å². The molecule has 0 radical (unpaired) electrons. The standard InChI is InChI=1S/C14H18N4S/c1-3-5-10-19-14-15-16-17-18(14)11-13-8-6-12(4-2)7-9-13/h4,6-9H,2-3,5,10-11H2,1H3. The highest BCUT2D eigenvalue weighted by atomic mass is 32.2. The molecular formula is C14H18N4S. The van der Waals surface area contributed by atoms with Gasteiger partial charge in [-0.15, -0.1) is 5.10 Å². The zero-order chi connectivity index (χ0) is 13.5. The molecule has 0 bridgehead atoms. The molecule has 0 fully saturated rings. The SMILES string of the molecule is C=Cc1ccc(Cn2nnnc2SCCCC)cc1. The van der Waals surface area contributed by atoms with Crippen LogP contribution in [-0.4, -0.2) is 26.0 Å². The summed E-state index contributed by atoms with van der Waals surface area (Å²) in [7, 11) is 0. The summed E-state index contributed by atoms with van der Waals surface area (Å²) in [5.41, 5.74) is 2.31. The average molecular weight is 274 g/mol. The van der Waals surface area contributed by atoms with Crippen LogP contribution in [0.5, 0.6) is 0 Å². The van der Waals surface area contributed by atoms with Crippen LogP contribution in [0.25, 0.3) is 6.08 Å². The molecule has 0 aliphatic heterocycles. The number of hydrogen-bond donors (Lipinski definition) is 0. The monoisotopic (exact) mass is 274 g/mol. The van der Waals surface area contributed by atoms with Crippen LogP contribution in [0.1, 0.15) is 30.9 Å². The van der Waals surface area contributed by atoms with E-state index in [0.717, 1.165) is 16.5 Å². The van der Waals surface area contributed by atoms with E-state index in [9.17, 15) is 0 Å². The van der Waals surface area contributed by atoms with Crippen LogP contribution >= 0.6 is 11.8 Å². The van der Waals surface area contributed by atoms with Crippen molar-refractivity contribution < 1.29 is 0 Å². The number of aromatic nitrogens is 4. The first-order valence-corrected chi connectivity index (χ1v) is 7.42. The van der Waals surface area contributed by atoms with Gasteiger partial charge in [0.2, 0.25) is 5.16 Å². The fourth-order valence-electron chi connectivity index (χ4n) is 1.64. The Bertz CT molecular complexity index is 518. The van der Waals surface area contributed by atoms with E-state index in [1.54, 1.807) is 11.8 Å². The van der Waals surface area contributed by atoms with Crippen LogP contribution in [0.2, 0.25) is 0 Å². The van der Waals surface area contributed by atoms with Gasteiger partial charge in [0, 0.05) is 5.75 Å². The maximum absolute atomic E-state index is 4.07. The summed E-state index contributed by atoms with van der Waals surface area (Å²) in [6.07, 6.45) is 4.22. The van der Waals surface area contributed by atoms with E-state index in [1.165, 1.54) is 18.4 Å². The lowest BCUT2D eigenvalue weighted by Gasteiger charge is -2.04. The summed E-state index contributed by atoms with van der Waals surface area (Å²) in [4.78, 5) is 0. The third-order valence-electron chi connectivity index (χ3n) is 2.78. The number of thioether (sulfide) groups is 1. The van der Waals surface area contributed by atoms with E-state index in [2.05, 4.69) is 53.3 Å². The second-order valence-electron chi connectivity index (χ2n) is 4.27. The van der Waals surface area contributed by atoms with Crippen molar-refractivity contribution in [3.63, 3.8) is 0 Å². The third kappa shape index (κ3) is 3.92. The quantitative estimate of drug-likeness (QED) is 0.574. The summed E-state index contributed by atoms with van der Waals surface area (Å²) < 4.78 is 1.85. The first-order chi connectivity index (χ1) is 9.33. The zero-order valence-electron chi connectivity index (χ0n) is 11.1. The van der Waals surface area contributed by atoms with E-state index in [-0.39, 0.29) is 0 Å². The van der Waals surface area contributed by atoms with Gasteiger partial charge in [-0.2, -0.15) is 0 Å². The second-order valence-corrected chi connectivity index (χ2v) is 5.33. The van der Waals surface area contributed by atoms with Gasteiger partial charge < -0.3 is 0 Å². The van der Waals surface area contributed by atoms with Gasteiger partial charge in [-0.3, -0.25) is 0 Å². The Labute approximate surface area is 117 Å². The number of hydrogen-bond acceptors (Lipinski definition) is 4. The highest BCUT2D eigenvalue weighted by Gasteiger charge is 2.06. The highest BCUT2D eigenvalue weighted by Crippen LogP contribution is 2.16. The Balaban J connectivity index is 2.01. The number of unbranched alkanes of at least 4 members (excludes halogenated alkanes) is 1. The lowest BCUT2D eigenvalue weighted by atomic mass is 10.1. The van der Waals surface area contributed by atoms with Gasteiger partial charge in [-0.25, -0.2) is 4.68 Å². The number of benzene rings is 1. The molecule has 0 spiro atoms. The van der Waals surface area contributed by atoms with Crippen LogP contribution in [0.3, 0.4) is 0 Å². The van der Waals surface area contributed by atoms with Crippen molar-refractivity contribution in [1.29, 1.82) is 0 Å². The molecule has 0 atom stereocenters. The highest BCUT2D eigenvalue weighted by molar-refractivity contribution is 7.99. The van der Waals surface area contributed by atoms with Gasteiger partial charge >= 0.3 is 0 Å². The molecule has 4 nitrogen and oxygen atoms in total. The summed E-state index contributed by atoms with van der Waals surface area (Å²) in [6.45, 7) is 6.64. The minimum atomic E-state index is 0.707. The van der Waals surface area contributed by atoms with Crippen LogP contribution in [0.15, 0.2) is 36.0 Å². The van der Waals surface area contributed by atoms with Gasteiger partial charge in [0.15, 0.2) is 0 Å². The van der Waals surface area contributed by atoms with Crippen molar-refractivity contribution in [2.45, 2.75) is 31.5 Å². The summed E-state index contributed by atoms with van der Waals surface area (Å²) in [5, 5.41) is 12.8. The summed E-state index contributed by atoms with van der Waals surface area (Å²) in [6, 6.07) is 8.27. The molecular weight excluding hydrogens is 256 g/mol. The molecule has 0 saturated heterocycles. The molecule has 0 aliphatic rings. The van der Waals surface area contributed by atoms with Crippen LogP contribution in [-0.2, 0) is 6.54 Å². The van der Waals surface area contributed by atoms with Gasteiger partial charge in [0.05, 0.1) is 6.54 Å². The molecule has 0 saturated carbocycles. The molecule has 5 heteroatoms. The fourth-order valence-corrected chi connectivity index (χ4v) is 2.60. The molecule has 0 unspecified atom stereocenters. The smallest absolute Gasteiger partial charge is 0.209 e. The van der Waals surface area contributed by atoms with E-state index in [0.29, 0.717) is 6.54 Å². The predicted molar refractivity (Wildman–Crippen MR) is 79.1 cm³/mol. The number of rotatable bonds is 7. The maximum Gasteiger partial charge on any atom is 0.209 e. The Morgan fingerprint density at radius 3 is 2.79 bits per heavy atom. The van der Waals surface area contributed by atoms with E-state index < -0.39 is 0 Å². The second kappa shape index (κ2) is 7.09. The van der Waals surface area contributed by atoms with Gasteiger partial charge in [0.25, 0.3) is 0 Å². The van der Waals surface area contributed by atoms with Gasteiger partial charge in [0.1, 0.15) is 0 Å². The minimum absolute atomic E-state index is 0.707. The molecule has 0 N–H and O–H groups in total. The minimum Gasteiger partial charge on any atom is -0.216 e. The van der Waals surface area contributed by atoms with Crippen molar-refractivity contribution in [2.75, 3.05) is 5.75 Å². The van der Waals surface area contributed by atoms with Crippen LogP contribution in [0.4, 0.5) is 0 Å². The molecule has 19 heavy (non-hydrogen) atoms. The zero-order valence-corrected chi connectivity index (χ0v) is 11.9. The van der Waals surface area contributed by atoms with Crippen molar-refractivity contribution >= 4 is 17.8 Å². The Morgan fingerprint density at radius 1 is 1.32 bits per heavy atom. The molecule has 2 aromatic rings.